The van der Waals surface area contributed by atoms with E-state index in [1.807, 2.05) is 0 Å². The molecule has 146 valence electrons. The monoisotopic (exact) mass is 353 g/mol. The molecule has 0 unspecified atom stereocenters. The second-order valence-corrected chi connectivity index (χ2v) is 7.82. The molecule has 2 saturated heterocycles. The molecule has 0 saturated carbocycles. The minimum absolute atomic E-state index is 0.0374. The van der Waals surface area contributed by atoms with Crippen LogP contribution in [0.5, 0.6) is 0 Å². The van der Waals surface area contributed by atoms with Gasteiger partial charge in [-0.15, -0.1) is 0 Å². The highest BCUT2D eigenvalue weighted by Gasteiger charge is 2.28. The van der Waals surface area contributed by atoms with E-state index in [0.717, 1.165) is 51.1 Å². The molecule has 2 rings (SSSR count). The van der Waals surface area contributed by atoms with Crippen molar-refractivity contribution in [2.24, 2.45) is 11.8 Å². The van der Waals surface area contributed by atoms with Gasteiger partial charge in [-0.2, -0.15) is 0 Å². The van der Waals surface area contributed by atoms with Crippen molar-refractivity contribution >= 4 is 5.97 Å². The van der Waals surface area contributed by atoms with Gasteiger partial charge >= 0.3 is 5.97 Å². The fourth-order valence-electron chi connectivity index (χ4n) is 4.30. The SMILES string of the molecule is CCN(CC)CCOC(=O)CCN1CCC(C2CCN(C)CC2)CC1. The van der Waals surface area contributed by atoms with Gasteiger partial charge in [0.1, 0.15) is 6.61 Å². The van der Waals surface area contributed by atoms with Crippen molar-refractivity contribution in [3.8, 4) is 0 Å². The van der Waals surface area contributed by atoms with Crippen molar-refractivity contribution in [2.75, 3.05) is 66.0 Å². The van der Waals surface area contributed by atoms with Crippen LogP contribution in [0.1, 0.15) is 46.0 Å². The minimum atomic E-state index is -0.0374. The zero-order valence-corrected chi connectivity index (χ0v) is 16.7. The lowest BCUT2D eigenvalue weighted by molar-refractivity contribution is -0.144. The van der Waals surface area contributed by atoms with Gasteiger partial charge in [-0.05, 0) is 83.8 Å². The van der Waals surface area contributed by atoms with Gasteiger partial charge in [0.25, 0.3) is 0 Å². The number of carbonyl (C=O) groups excluding carboxylic acids is 1. The molecule has 0 N–H and O–H groups in total. The van der Waals surface area contributed by atoms with Gasteiger partial charge in [0.05, 0.1) is 6.42 Å². The zero-order chi connectivity index (χ0) is 18.1. The highest BCUT2D eigenvalue weighted by molar-refractivity contribution is 5.69. The molecule has 2 aliphatic heterocycles. The molecular formula is C20H39N3O2. The van der Waals surface area contributed by atoms with Gasteiger partial charge in [-0.1, -0.05) is 13.8 Å². The lowest BCUT2D eigenvalue weighted by Crippen LogP contribution is -2.40. The number of hydrogen-bond acceptors (Lipinski definition) is 5. The fraction of sp³-hybridized carbons (Fsp3) is 0.950. The average molecular weight is 354 g/mol. The Morgan fingerprint density at radius 3 is 2.12 bits per heavy atom. The first-order valence-electron chi connectivity index (χ1n) is 10.4. The first-order valence-corrected chi connectivity index (χ1v) is 10.4. The van der Waals surface area contributed by atoms with Crippen LogP contribution in [0.25, 0.3) is 0 Å². The maximum Gasteiger partial charge on any atom is 0.307 e. The third kappa shape index (κ3) is 7.24. The van der Waals surface area contributed by atoms with Crippen LogP contribution in [-0.2, 0) is 9.53 Å². The summed E-state index contributed by atoms with van der Waals surface area (Å²) >= 11 is 0. The van der Waals surface area contributed by atoms with Crippen LogP contribution < -0.4 is 0 Å². The summed E-state index contributed by atoms with van der Waals surface area (Å²) in [5.74, 6) is 1.80. The second-order valence-electron chi connectivity index (χ2n) is 7.82. The van der Waals surface area contributed by atoms with E-state index >= 15 is 0 Å². The first kappa shape index (κ1) is 20.7. The molecule has 25 heavy (non-hydrogen) atoms. The summed E-state index contributed by atoms with van der Waals surface area (Å²) < 4.78 is 5.38. The summed E-state index contributed by atoms with van der Waals surface area (Å²) in [4.78, 5) is 19.1. The number of piperidine rings is 2. The van der Waals surface area contributed by atoms with Crippen molar-refractivity contribution in [3.63, 3.8) is 0 Å². The lowest BCUT2D eigenvalue weighted by atomic mass is 9.79. The molecule has 2 fully saturated rings. The van der Waals surface area contributed by atoms with Crippen LogP contribution in [0, 0.1) is 11.8 Å². The normalized spacial score (nSPS) is 21.8. The Labute approximate surface area is 154 Å². The standard InChI is InChI=1S/C20H39N3O2/c1-4-22(5-2)16-17-25-20(24)10-15-23-13-8-19(9-14-23)18-6-11-21(3)12-7-18/h18-19H,4-17H2,1-3H3. The van der Waals surface area contributed by atoms with E-state index in [1.54, 1.807) is 0 Å². The van der Waals surface area contributed by atoms with Crippen molar-refractivity contribution in [2.45, 2.75) is 46.0 Å². The van der Waals surface area contributed by atoms with E-state index in [0.29, 0.717) is 13.0 Å². The number of rotatable bonds is 9. The smallest absolute Gasteiger partial charge is 0.307 e. The topological polar surface area (TPSA) is 36.0 Å². The minimum Gasteiger partial charge on any atom is -0.464 e. The molecule has 0 spiro atoms. The van der Waals surface area contributed by atoms with Crippen LogP contribution in [-0.4, -0.2) is 86.7 Å². The van der Waals surface area contributed by atoms with E-state index < -0.39 is 0 Å². The summed E-state index contributed by atoms with van der Waals surface area (Å²) in [6.45, 7) is 13.4. The molecular weight excluding hydrogens is 314 g/mol. The second kappa shape index (κ2) is 11.1. The van der Waals surface area contributed by atoms with E-state index in [9.17, 15) is 4.79 Å². The predicted molar refractivity (Wildman–Crippen MR) is 103 cm³/mol. The summed E-state index contributed by atoms with van der Waals surface area (Å²) in [5, 5.41) is 0. The Hall–Kier alpha value is -0.650. The number of ether oxygens (including phenoxy) is 1. The van der Waals surface area contributed by atoms with Crippen LogP contribution >= 0.6 is 0 Å². The molecule has 0 aromatic carbocycles. The number of likely N-dealkylation sites (N-methyl/N-ethyl adjacent to an activating group) is 1. The number of nitrogens with zero attached hydrogens (tertiary/aromatic N) is 3. The average Bonchev–Trinajstić information content (AvgIpc) is 2.65. The van der Waals surface area contributed by atoms with Crippen LogP contribution in [0.2, 0.25) is 0 Å². The molecule has 0 aromatic rings. The molecule has 2 heterocycles. The fourth-order valence-corrected chi connectivity index (χ4v) is 4.30. The van der Waals surface area contributed by atoms with Gasteiger partial charge < -0.3 is 19.4 Å². The van der Waals surface area contributed by atoms with E-state index in [4.69, 9.17) is 4.74 Å². The quantitative estimate of drug-likeness (QED) is 0.595. The van der Waals surface area contributed by atoms with E-state index in [-0.39, 0.29) is 5.97 Å². The summed E-state index contributed by atoms with van der Waals surface area (Å²) in [5.41, 5.74) is 0. The van der Waals surface area contributed by atoms with Crippen molar-refractivity contribution < 1.29 is 9.53 Å². The Morgan fingerprint density at radius 1 is 1.00 bits per heavy atom. The Balaban J connectivity index is 1.55. The predicted octanol–water partition coefficient (Wildman–Crippen LogP) is 2.32. The van der Waals surface area contributed by atoms with Crippen molar-refractivity contribution in [1.82, 2.24) is 14.7 Å². The first-order chi connectivity index (χ1) is 12.1. The van der Waals surface area contributed by atoms with Crippen molar-refractivity contribution in [3.05, 3.63) is 0 Å². The molecule has 5 heteroatoms. The van der Waals surface area contributed by atoms with Crippen molar-refractivity contribution in [1.29, 1.82) is 0 Å². The summed E-state index contributed by atoms with van der Waals surface area (Å²) in [6, 6.07) is 0. The molecule has 2 aliphatic rings. The largest absolute Gasteiger partial charge is 0.464 e. The third-order valence-corrected chi connectivity index (χ3v) is 6.26. The Morgan fingerprint density at radius 2 is 1.56 bits per heavy atom. The van der Waals surface area contributed by atoms with Gasteiger partial charge in [0.15, 0.2) is 0 Å². The van der Waals surface area contributed by atoms with Gasteiger partial charge in [0, 0.05) is 13.1 Å². The third-order valence-electron chi connectivity index (χ3n) is 6.26. The van der Waals surface area contributed by atoms with Crippen LogP contribution in [0.15, 0.2) is 0 Å². The molecule has 0 aliphatic carbocycles. The highest BCUT2D eigenvalue weighted by atomic mass is 16.5. The summed E-state index contributed by atoms with van der Waals surface area (Å²) in [7, 11) is 2.24. The molecule has 5 nitrogen and oxygen atoms in total. The van der Waals surface area contributed by atoms with E-state index in [1.165, 1.54) is 38.8 Å². The lowest BCUT2D eigenvalue weighted by Gasteiger charge is -2.39. The maximum absolute atomic E-state index is 11.9. The molecule has 0 aromatic heterocycles. The Bertz CT molecular complexity index is 371. The number of likely N-dealkylation sites (tertiary alicyclic amines) is 2. The van der Waals surface area contributed by atoms with Gasteiger partial charge in [0.2, 0.25) is 0 Å². The maximum atomic E-state index is 11.9. The molecule has 0 bridgehead atoms. The number of carbonyl (C=O) groups is 1. The Kier molecular flexibility index (Phi) is 9.21. The molecule has 0 radical (unpaired) electrons. The zero-order valence-electron chi connectivity index (χ0n) is 16.7. The number of hydrogen-bond donors (Lipinski definition) is 0. The van der Waals surface area contributed by atoms with Gasteiger partial charge in [-0.3, -0.25) is 4.79 Å². The van der Waals surface area contributed by atoms with Gasteiger partial charge in [-0.25, -0.2) is 0 Å². The van der Waals surface area contributed by atoms with Crippen LogP contribution in [0.3, 0.4) is 0 Å². The molecule has 0 amide bonds. The van der Waals surface area contributed by atoms with E-state index in [2.05, 4.69) is 35.6 Å². The number of esters is 1. The molecule has 0 atom stereocenters. The highest BCUT2D eigenvalue weighted by Crippen LogP contribution is 2.32. The summed E-state index contributed by atoms with van der Waals surface area (Å²) in [6.07, 6.45) is 5.91. The van der Waals surface area contributed by atoms with Crippen LogP contribution in [0.4, 0.5) is 0 Å².